The fourth-order valence-electron chi connectivity index (χ4n) is 4.24. The summed E-state index contributed by atoms with van der Waals surface area (Å²) in [6.07, 6.45) is 1.78. The van der Waals surface area contributed by atoms with Crippen LogP contribution in [-0.2, 0) is 0 Å². The molecule has 1 N–H and O–H groups in total. The van der Waals surface area contributed by atoms with Crippen molar-refractivity contribution < 1.29 is 18.2 Å². The topological polar surface area (TPSA) is 28.2 Å². The number of rotatable bonds is 1. The van der Waals surface area contributed by atoms with Crippen molar-refractivity contribution in [3.8, 4) is 5.75 Å². The van der Waals surface area contributed by atoms with Gasteiger partial charge < -0.3 is 22.7 Å². The Morgan fingerprint density at radius 3 is 2.44 bits per heavy atom. The van der Waals surface area contributed by atoms with Crippen molar-refractivity contribution >= 4 is 18.3 Å². The van der Waals surface area contributed by atoms with E-state index in [1.165, 1.54) is 0 Å². The molecule has 0 spiro atoms. The van der Waals surface area contributed by atoms with E-state index in [4.69, 9.17) is 0 Å². The van der Waals surface area contributed by atoms with E-state index in [0.717, 1.165) is 20.1 Å². The molecule has 1 aromatic carbocycles. The van der Waals surface area contributed by atoms with E-state index in [9.17, 15) is 5.11 Å². The highest BCUT2D eigenvalue weighted by Gasteiger charge is 2.55. The molecule has 2 aromatic rings. The van der Waals surface area contributed by atoms with Crippen molar-refractivity contribution in [1.82, 2.24) is 4.48 Å². The molecule has 1 aromatic heterocycles. The zero-order chi connectivity index (χ0) is 18.1. The monoisotopic (exact) mass is 340 g/mol. The number of halogens is 2. The lowest BCUT2D eigenvalue weighted by molar-refractivity contribution is -0.363. The minimum absolute atomic E-state index is 0.0878. The van der Waals surface area contributed by atoms with Gasteiger partial charge >= 0.3 is 6.97 Å². The Morgan fingerprint density at radius 1 is 1.08 bits per heavy atom. The molecule has 0 radical (unpaired) electrons. The quantitative estimate of drug-likeness (QED) is 0.773. The summed E-state index contributed by atoms with van der Waals surface area (Å²) in [7, 11) is 0. The van der Waals surface area contributed by atoms with Crippen LogP contribution in [0, 0.1) is 13.8 Å². The molecule has 0 aliphatic carbocycles. The Hall–Kier alpha value is -2.63. The van der Waals surface area contributed by atoms with Gasteiger partial charge in [0, 0.05) is 29.8 Å². The largest absolute Gasteiger partial charge is 0.737 e. The summed E-state index contributed by atoms with van der Waals surface area (Å²) in [6, 6.07) is 8.69. The standard InChI is InChI=1S/C19H19BF2N2O/c1-11-9-13(3)23-18(11)17(15-7-5-6-8-16(15)25)19-12(2)10-14(4)24(19)20(23,21)22/h5-10,25H,1-4H3. The number of hydrogen-bond acceptors (Lipinski definition) is 1. The molecule has 128 valence electrons. The molecule has 6 heteroatoms. The number of para-hydroxylation sites is 1. The molecule has 3 heterocycles. The lowest BCUT2D eigenvalue weighted by Gasteiger charge is -2.34. The van der Waals surface area contributed by atoms with E-state index in [1.54, 1.807) is 44.2 Å². The molecule has 0 unspecified atom stereocenters. The summed E-state index contributed by atoms with van der Waals surface area (Å²) in [5.41, 5.74) is 4.78. The highest BCUT2D eigenvalue weighted by Crippen LogP contribution is 2.45. The number of phenolic OH excluding ortho intramolecular Hbond substituents is 1. The van der Waals surface area contributed by atoms with Gasteiger partial charge in [-0.25, -0.2) is 0 Å². The minimum atomic E-state index is -3.98. The van der Waals surface area contributed by atoms with Gasteiger partial charge in [-0.1, -0.05) is 18.2 Å². The summed E-state index contributed by atoms with van der Waals surface area (Å²) in [4.78, 5) is 0. The van der Waals surface area contributed by atoms with Gasteiger partial charge in [0.15, 0.2) is 5.70 Å². The summed E-state index contributed by atoms with van der Waals surface area (Å²) in [5, 5.41) is 10.4. The molecule has 0 saturated heterocycles. The summed E-state index contributed by atoms with van der Waals surface area (Å²) in [6.45, 7) is 3.09. The summed E-state index contributed by atoms with van der Waals surface area (Å²) in [5.74, 6) is 0.0878. The van der Waals surface area contributed by atoms with Crippen molar-refractivity contribution in [1.29, 1.82) is 0 Å². The van der Waals surface area contributed by atoms with E-state index >= 15 is 8.63 Å². The van der Waals surface area contributed by atoms with E-state index in [2.05, 4.69) is 0 Å². The molecular weight excluding hydrogens is 321 g/mol. The van der Waals surface area contributed by atoms with Crippen LogP contribution >= 0.6 is 0 Å². The van der Waals surface area contributed by atoms with Gasteiger partial charge in [0.1, 0.15) is 11.5 Å². The van der Waals surface area contributed by atoms with Crippen molar-refractivity contribution in [2.75, 3.05) is 0 Å². The second-order valence-electron chi connectivity index (χ2n) is 6.86. The van der Waals surface area contributed by atoms with Gasteiger partial charge in [-0.2, -0.15) is 0 Å². The Balaban J connectivity index is 2.22. The Labute approximate surface area is 145 Å². The number of aromatic hydroxyl groups is 1. The van der Waals surface area contributed by atoms with Gasteiger partial charge in [0.25, 0.3) is 0 Å². The van der Waals surface area contributed by atoms with Gasteiger partial charge in [-0.05, 0) is 44.2 Å². The maximum absolute atomic E-state index is 15.4. The molecule has 25 heavy (non-hydrogen) atoms. The molecule has 2 aliphatic rings. The third-order valence-corrected chi connectivity index (χ3v) is 5.11. The third kappa shape index (κ3) is 1.94. The normalized spacial score (nSPS) is 18.4. The van der Waals surface area contributed by atoms with Crippen molar-refractivity contribution in [3.63, 3.8) is 0 Å². The molecule has 2 aliphatic heterocycles. The van der Waals surface area contributed by atoms with E-state index < -0.39 is 6.97 Å². The third-order valence-electron chi connectivity index (χ3n) is 5.11. The van der Waals surface area contributed by atoms with Crippen LogP contribution in [0.2, 0.25) is 0 Å². The van der Waals surface area contributed by atoms with Crippen LogP contribution in [0.4, 0.5) is 8.63 Å². The van der Waals surface area contributed by atoms with Crippen LogP contribution in [0.5, 0.6) is 5.75 Å². The zero-order valence-corrected chi connectivity index (χ0v) is 14.6. The second-order valence-corrected chi connectivity index (χ2v) is 6.86. The van der Waals surface area contributed by atoms with Crippen LogP contribution < -0.4 is 0 Å². The van der Waals surface area contributed by atoms with Gasteiger partial charge in [-0.15, -0.1) is 0 Å². The zero-order valence-electron chi connectivity index (χ0n) is 14.6. The lowest BCUT2D eigenvalue weighted by atomic mass is 9.83. The highest BCUT2D eigenvalue weighted by atomic mass is 19.2. The first-order valence-electron chi connectivity index (χ1n) is 8.30. The Morgan fingerprint density at radius 2 is 1.76 bits per heavy atom. The molecule has 0 bridgehead atoms. The van der Waals surface area contributed by atoms with Gasteiger partial charge in [0.2, 0.25) is 0 Å². The van der Waals surface area contributed by atoms with Crippen molar-refractivity contribution in [2.45, 2.75) is 27.7 Å². The second kappa shape index (κ2) is 4.94. The minimum Gasteiger partial charge on any atom is -0.507 e. The average molecular weight is 340 g/mol. The molecule has 0 amide bonds. The van der Waals surface area contributed by atoms with Crippen LogP contribution in [0.15, 0.2) is 47.7 Å². The first-order chi connectivity index (χ1) is 11.7. The summed E-state index contributed by atoms with van der Waals surface area (Å²) >= 11 is 0. The highest BCUT2D eigenvalue weighted by molar-refractivity contribution is 6.58. The first-order valence-corrected chi connectivity index (χ1v) is 8.30. The molecule has 0 saturated carbocycles. The van der Waals surface area contributed by atoms with Crippen LogP contribution in [-0.4, -0.2) is 26.8 Å². The molecular formula is C19H19BF2N2O. The van der Waals surface area contributed by atoms with Crippen molar-refractivity contribution in [3.05, 3.63) is 70.2 Å². The number of allylic oxidation sites excluding steroid dienone is 2. The fraction of sp³-hybridized carbons (Fsp3) is 0.211. The lowest BCUT2D eigenvalue weighted by Crippen LogP contribution is -2.51. The predicted octanol–water partition coefficient (Wildman–Crippen LogP) is 4.24. The van der Waals surface area contributed by atoms with E-state index in [1.807, 2.05) is 19.9 Å². The molecule has 3 nitrogen and oxygen atoms in total. The molecule has 4 rings (SSSR count). The maximum Gasteiger partial charge on any atom is 0.737 e. The summed E-state index contributed by atoms with van der Waals surface area (Å²) < 4.78 is 33.2. The number of phenols is 1. The fourth-order valence-corrected chi connectivity index (χ4v) is 4.24. The first kappa shape index (κ1) is 15.9. The maximum atomic E-state index is 15.4. The smallest absolute Gasteiger partial charge is 0.507 e. The van der Waals surface area contributed by atoms with Crippen LogP contribution in [0.1, 0.15) is 36.4 Å². The molecule has 0 atom stereocenters. The SMILES string of the molecule is CC1=CC(C)=[N+]2C1=C(c1ccccc1O)c1c(C)cc(C)n1[B-]2(F)F. The van der Waals surface area contributed by atoms with Gasteiger partial charge in [-0.3, -0.25) is 0 Å². The van der Waals surface area contributed by atoms with Crippen LogP contribution in [0.3, 0.4) is 0 Å². The Kier molecular flexibility index (Phi) is 3.14. The number of benzene rings is 1. The number of fused-ring (bicyclic) bond motifs is 2. The average Bonchev–Trinajstić information content (AvgIpc) is 2.99. The van der Waals surface area contributed by atoms with E-state index in [0.29, 0.717) is 33.9 Å². The number of aromatic nitrogens is 1. The number of hydrogen-bond donors (Lipinski definition) is 1. The Bertz CT molecular complexity index is 1030. The van der Waals surface area contributed by atoms with E-state index in [-0.39, 0.29) is 5.75 Å². The van der Waals surface area contributed by atoms with Gasteiger partial charge in [0.05, 0.1) is 5.57 Å². The van der Waals surface area contributed by atoms with Crippen LogP contribution in [0.25, 0.3) is 5.57 Å². The van der Waals surface area contributed by atoms with Crippen molar-refractivity contribution in [2.24, 2.45) is 0 Å². The number of nitrogens with zero attached hydrogens (tertiary/aromatic N) is 2. The number of aryl methyl sites for hydroxylation is 2. The predicted molar refractivity (Wildman–Crippen MR) is 96.1 cm³/mol. The molecule has 0 fully saturated rings.